The van der Waals surface area contributed by atoms with Gasteiger partial charge in [0.15, 0.2) is 0 Å². The highest BCUT2D eigenvalue weighted by Gasteiger charge is 2.28. The molecular weight excluding hydrogens is 317 g/mol. The van der Waals surface area contributed by atoms with Crippen LogP contribution in [0.4, 0.5) is 10.1 Å². The summed E-state index contributed by atoms with van der Waals surface area (Å²) in [5.74, 6) is -0.211. The highest BCUT2D eigenvalue weighted by atomic mass is 32.2. The number of carbonyl (C=O) groups excluding carboxylic acids is 1. The number of benzene rings is 2. The Hall–Kier alpha value is -2.05. The first-order valence-corrected chi connectivity index (χ1v) is 8.34. The molecule has 1 aliphatic rings. The third-order valence-electron chi connectivity index (χ3n) is 4.01. The predicted octanol–water partition coefficient (Wildman–Crippen LogP) is 3.21. The van der Waals surface area contributed by atoms with Crippen LogP contribution in [0.1, 0.15) is 19.3 Å². The molecule has 0 bridgehead atoms. The molecular formula is C17H15FNO3S-. The van der Waals surface area contributed by atoms with Crippen molar-refractivity contribution in [3.63, 3.8) is 0 Å². The van der Waals surface area contributed by atoms with Crippen molar-refractivity contribution in [1.29, 1.82) is 0 Å². The van der Waals surface area contributed by atoms with Crippen molar-refractivity contribution in [3.8, 4) is 11.1 Å². The Morgan fingerprint density at radius 2 is 1.61 bits per heavy atom. The topological polar surface area (TPSA) is 60.4 Å². The van der Waals surface area contributed by atoms with Gasteiger partial charge in [0.1, 0.15) is 11.6 Å². The summed E-state index contributed by atoms with van der Waals surface area (Å²) in [6.45, 7) is 0. The van der Waals surface area contributed by atoms with E-state index in [9.17, 15) is 17.9 Å². The summed E-state index contributed by atoms with van der Waals surface area (Å²) in [5.41, 5.74) is 2.25. The Balaban J connectivity index is 1.86. The van der Waals surface area contributed by atoms with Gasteiger partial charge in [0.25, 0.3) is 0 Å². The van der Waals surface area contributed by atoms with E-state index in [1.165, 1.54) is 16.4 Å². The zero-order chi connectivity index (χ0) is 16.4. The van der Waals surface area contributed by atoms with Crippen LogP contribution in [-0.4, -0.2) is 20.6 Å². The highest BCUT2D eigenvalue weighted by molar-refractivity contribution is 7.80. The van der Waals surface area contributed by atoms with E-state index in [1.807, 2.05) is 0 Å². The van der Waals surface area contributed by atoms with E-state index in [-0.39, 0.29) is 24.1 Å². The van der Waals surface area contributed by atoms with Crippen LogP contribution in [0, 0.1) is 5.82 Å². The highest BCUT2D eigenvalue weighted by Crippen LogP contribution is 2.29. The van der Waals surface area contributed by atoms with E-state index in [0.717, 1.165) is 11.1 Å². The molecule has 2 atom stereocenters. The van der Waals surface area contributed by atoms with Crippen LogP contribution in [0.2, 0.25) is 0 Å². The van der Waals surface area contributed by atoms with E-state index >= 15 is 0 Å². The lowest BCUT2D eigenvalue weighted by Gasteiger charge is -2.31. The molecule has 2 aromatic carbocycles. The Morgan fingerprint density at radius 1 is 1.04 bits per heavy atom. The normalized spacial score (nSPS) is 18.9. The smallest absolute Gasteiger partial charge is 0.135 e. The third kappa shape index (κ3) is 3.48. The monoisotopic (exact) mass is 332 g/mol. The molecule has 0 amide bonds. The predicted molar refractivity (Wildman–Crippen MR) is 85.9 cm³/mol. The second-order valence-electron chi connectivity index (χ2n) is 5.53. The lowest BCUT2D eigenvalue weighted by Crippen LogP contribution is -2.35. The van der Waals surface area contributed by atoms with Crippen LogP contribution >= 0.6 is 0 Å². The van der Waals surface area contributed by atoms with Gasteiger partial charge in [-0.3, -0.25) is 13.3 Å². The van der Waals surface area contributed by atoms with Gasteiger partial charge in [0.2, 0.25) is 0 Å². The first kappa shape index (κ1) is 15.8. The fourth-order valence-corrected chi connectivity index (χ4v) is 3.57. The van der Waals surface area contributed by atoms with Gasteiger partial charge >= 0.3 is 0 Å². The average Bonchev–Trinajstić information content (AvgIpc) is 2.95. The first-order valence-electron chi connectivity index (χ1n) is 7.31. The molecule has 0 saturated heterocycles. The molecule has 1 saturated carbocycles. The number of halogens is 1. The maximum atomic E-state index is 13.0. The van der Waals surface area contributed by atoms with Crippen LogP contribution in [-0.2, 0) is 16.1 Å². The number of hydrogen-bond acceptors (Lipinski definition) is 3. The number of rotatable bonds is 4. The molecule has 0 aromatic heterocycles. The van der Waals surface area contributed by atoms with Crippen LogP contribution in [0.5, 0.6) is 0 Å². The Morgan fingerprint density at radius 3 is 2.09 bits per heavy atom. The van der Waals surface area contributed by atoms with Crippen molar-refractivity contribution < 1.29 is 17.9 Å². The van der Waals surface area contributed by atoms with Crippen LogP contribution in [0.15, 0.2) is 48.5 Å². The molecule has 120 valence electrons. The standard InChI is InChI=1S/C17H16FNO3S/c18-14-5-1-12(2-6-14)13-3-7-15(8-4-13)19(23(21)22)16-9-10-17(20)11-16/h1-8,16H,9-11H2,(H,21,22)/p-1. The minimum atomic E-state index is -2.43. The maximum Gasteiger partial charge on any atom is 0.135 e. The zero-order valence-electron chi connectivity index (χ0n) is 12.3. The molecule has 3 rings (SSSR count). The lowest BCUT2D eigenvalue weighted by molar-refractivity contribution is -0.117. The van der Waals surface area contributed by atoms with E-state index in [2.05, 4.69) is 0 Å². The summed E-state index contributed by atoms with van der Waals surface area (Å²) >= 11 is -2.43. The van der Waals surface area contributed by atoms with Gasteiger partial charge in [0.05, 0.1) is 0 Å². The number of ketones is 1. The summed E-state index contributed by atoms with van der Waals surface area (Å²) in [6.07, 6.45) is 1.23. The van der Waals surface area contributed by atoms with E-state index in [1.54, 1.807) is 36.4 Å². The van der Waals surface area contributed by atoms with Crippen LogP contribution in [0.25, 0.3) is 11.1 Å². The first-order chi connectivity index (χ1) is 11.0. The molecule has 0 spiro atoms. The largest absolute Gasteiger partial charge is 0.755 e. The molecule has 2 aromatic rings. The second kappa shape index (κ2) is 6.60. The van der Waals surface area contributed by atoms with Crippen LogP contribution in [0.3, 0.4) is 0 Å². The SMILES string of the molecule is O=C1CCC(N(c2ccc(-c3ccc(F)cc3)cc2)S(=O)[O-])C1. The van der Waals surface area contributed by atoms with E-state index in [0.29, 0.717) is 18.5 Å². The van der Waals surface area contributed by atoms with Gasteiger partial charge in [-0.25, -0.2) is 4.39 Å². The molecule has 1 fully saturated rings. The Bertz CT molecular complexity index is 731. The quantitative estimate of drug-likeness (QED) is 0.808. The molecule has 4 nitrogen and oxygen atoms in total. The minimum Gasteiger partial charge on any atom is -0.755 e. The number of anilines is 1. The molecule has 0 aliphatic heterocycles. The summed E-state index contributed by atoms with van der Waals surface area (Å²) < 4.78 is 37.3. The van der Waals surface area contributed by atoms with Crippen molar-refractivity contribution in [3.05, 3.63) is 54.3 Å². The number of Topliss-reactive ketones (excluding diaryl/α,β-unsaturated/α-hetero) is 1. The third-order valence-corrected chi connectivity index (χ3v) is 4.84. The lowest BCUT2D eigenvalue weighted by atomic mass is 10.1. The fourth-order valence-electron chi connectivity index (χ4n) is 2.86. The van der Waals surface area contributed by atoms with Gasteiger partial charge in [-0.15, -0.1) is 0 Å². The van der Waals surface area contributed by atoms with Crippen LogP contribution < -0.4 is 4.31 Å². The fraction of sp³-hybridized carbons (Fsp3) is 0.235. The van der Waals surface area contributed by atoms with Gasteiger partial charge in [0, 0.05) is 35.8 Å². The van der Waals surface area contributed by atoms with Gasteiger partial charge in [-0.2, -0.15) is 0 Å². The van der Waals surface area contributed by atoms with Crippen molar-refractivity contribution in [1.82, 2.24) is 0 Å². The number of carbonyl (C=O) groups is 1. The maximum absolute atomic E-state index is 13.0. The number of nitrogens with zero attached hydrogens (tertiary/aromatic N) is 1. The van der Waals surface area contributed by atoms with E-state index < -0.39 is 11.3 Å². The summed E-state index contributed by atoms with van der Waals surface area (Å²) in [6, 6.07) is 12.8. The Kier molecular flexibility index (Phi) is 4.54. The van der Waals surface area contributed by atoms with E-state index in [4.69, 9.17) is 0 Å². The van der Waals surface area contributed by atoms with Gasteiger partial charge in [-0.1, -0.05) is 24.3 Å². The molecule has 0 heterocycles. The summed E-state index contributed by atoms with van der Waals surface area (Å²) in [7, 11) is 0. The number of hydrogen-bond donors (Lipinski definition) is 0. The second-order valence-corrected chi connectivity index (χ2v) is 6.36. The molecule has 0 N–H and O–H groups in total. The molecule has 6 heteroatoms. The average molecular weight is 332 g/mol. The Labute approximate surface area is 136 Å². The van der Waals surface area contributed by atoms with Gasteiger partial charge in [-0.05, 0) is 41.8 Å². The van der Waals surface area contributed by atoms with Gasteiger partial charge < -0.3 is 4.55 Å². The van der Waals surface area contributed by atoms with Crippen molar-refractivity contribution in [2.24, 2.45) is 0 Å². The minimum absolute atomic E-state index is 0.0911. The van der Waals surface area contributed by atoms with Crippen molar-refractivity contribution in [2.45, 2.75) is 25.3 Å². The molecule has 0 radical (unpaired) electrons. The van der Waals surface area contributed by atoms with Crippen molar-refractivity contribution in [2.75, 3.05) is 4.31 Å². The molecule has 23 heavy (non-hydrogen) atoms. The molecule has 2 unspecified atom stereocenters. The molecule has 1 aliphatic carbocycles. The summed E-state index contributed by atoms with van der Waals surface area (Å²) in [4.78, 5) is 11.4. The van der Waals surface area contributed by atoms with Crippen molar-refractivity contribution >= 4 is 22.7 Å². The summed E-state index contributed by atoms with van der Waals surface area (Å²) in [5, 5.41) is 0. The zero-order valence-corrected chi connectivity index (χ0v) is 13.1.